The van der Waals surface area contributed by atoms with Crippen molar-refractivity contribution in [2.45, 2.75) is 91.3 Å². The molecule has 172 valence electrons. The minimum absolute atomic E-state index is 0.000489. The Bertz CT molecular complexity index is 914. The molecule has 0 unspecified atom stereocenters. The molecule has 1 fully saturated rings. The van der Waals surface area contributed by atoms with Gasteiger partial charge in [-0.25, -0.2) is 0 Å². The Balaban J connectivity index is 1.81. The number of amides is 2. The molecular formula is C28H38N2O2. The third kappa shape index (κ3) is 6.44. The molecule has 0 heterocycles. The molecule has 4 heteroatoms. The maximum atomic E-state index is 13.5. The maximum absolute atomic E-state index is 13.5. The molecule has 1 aliphatic rings. The first-order valence-corrected chi connectivity index (χ1v) is 12.1. The SMILES string of the molecule is CC[C@H](C(=O)NC1CCCCC1)N(Cc1ccc(C)cc1)C(=O)Cc1ccc(C)c(C)c1. The van der Waals surface area contributed by atoms with E-state index in [9.17, 15) is 9.59 Å². The van der Waals surface area contributed by atoms with Gasteiger partial charge in [-0.05, 0) is 62.3 Å². The van der Waals surface area contributed by atoms with E-state index >= 15 is 0 Å². The predicted molar refractivity (Wildman–Crippen MR) is 130 cm³/mol. The van der Waals surface area contributed by atoms with Crippen LogP contribution in [0.1, 0.15) is 73.3 Å². The second-order valence-corrected chi connectivity index (χ2v) is 9.37. The fourth-order valence-electron chi connectivity index (χ4n) is 4.54. The first kappa shape index (κ1) is 24.0. The Morgan fingerprint density at radius 1 is 0.938 bits per heavy atom. The fraction of sp³-hybridized carbons (Fsp3) is 0.500. The summed E-state index contributed by atoms with van der Waals surface area (Å²) in [7, 11) is 0. The van der Waals surface area contributed by atoms with Gasteiger partial charge in [0.15, 0.2) is 0 Å². The van der Waals surface area contributed by atoms with E-state index in [0.29, 0.717) is 19.4 Å². The summed E-state index contributed by atoms with van der Waals surface area (Å²) in [5.41, 5.74) is 5.63. The summed E-state index contributed by atoms with van der Waals surface area (Å²) in [6.07, 6.45) is 6.56. The van der Waals surface area contributed by atoms with Crippen LogP contribution in [0.2, 0.25) is 0 Å². The average Bonchev–Trinajstić information content (AvgIpc) is 2.78. The normalized spacial score (nSPS) is 15.2. The molecule has 4 nitrogen and oxygen atoms in total. The zero-order chi connectivity index (χ0) is 23.1. The number of rotatable bonds is 8. The highest BCUT2D eigenvalue weighted by molar-refractivity contribution is 5.88. The lowest BCUT2D eigenvalue weighted by Crippen LogP contribution is -2.51. The summed E-state index contributed by atoms with van der Waals surface area (Å²) in [6, 6.07) is 14.2. The number of hydrogen-bond donors (Lipinski definition) is 1. The van der Waals surface area contributed by atoms with Crippen LogP contribution in [0.5, 0.6) is 0 Å². The lowest BCUT2D eigenvalue weighted by Gasteiger charge is -2.33. The van der Waals surface area contributed by atoms with Gasteiger partial charge in [-0.2, -0.15) is 0 Å². The van der Waals surface area contributed by atoms with Crippen LogP contribution in [0.4, 0.5) is 0 Å². The topological polar surface area (TPSA) is 49.4 Å². The molecule has 0 spiro atoms. The van der Waals surface area contributed by atoms with Crippen molar-refractivity contribution in [3.63, 3.8) is 0 Å². The molecule has 0 bridgehead atoms. The number of hydrogen-bond acceptors (Lipinski definition) is 2. The first-order chi connectivity index (χ1) is 15.4. The lowest BCUT2D eigenvalue weighted by molar-refractivity contribution is -0.141. The minimum Gasteiger partial charge on any atom is -0.352 e. The second-order valence-electron chi connectivity index (χ2n) is 9.37. The molecule has 0 radical (unpaired) electrons. The Hall–Kier alpha value is -2.62. The second kappa shape index (κ2) is 11.3. The van der Waals surface area contributed by atoms with E-state index in [1.54, 1.807) is 4.90 Å². The van der Waals surface area contributed by atoms with E-state index in [0.717, 1.165) is 24.0 Å². The van der Waals surface area contributed by atoms with Crippen molar-refractivity contribution in [3.8, 4) is 0 Å². The molecular weight excluding hydrogens is 396 g/mol. The third-order valence-electron chi connectivity index (χ3n) is 6.74. The highest BCUT2D eigenvalue weighted by atomic mass is 16.2. The third-order valence-corrected chi connectivity index (χ3v) is 6.74. The maximum Gasteiger partial charge on any atom is 0.243 e. The van der Waals surface area contributed by atoms with Crippen LogP contribution in [0, 0.1) is 20.8 Å². The van der Waals surface area contributed by atoms with Crippen molar-refractivity contribution in [1.82, 2.24) is 10.2 Å². The van der Waals surface area contributed by atoms with Crippen LogP contribution < -0.4 is 5.32 Å². The van der Waals surface area contributed by atoms with Gasteiger partial charge in [-0.1, -0.05) is 74.2 Å². The van der Waals surface area contributed by atoms with Crippen molar-refractivity contribution in [3.05, 3.63) is 70.3 Å². The molecule has 1 saturated carbocycles. The summed E-state index contributed by atoms with van der Waals surface area (Å²) in [4.78, 5) is 28.6. The van der Waals surface area contributed by atoms with Crippen molar-refractivity contribution >= 4 is 11.8 Å². The number of carbonyl (C=O) groups excluding carboxylic acids is 2. The summed E-state index contributed by atoms with van der Waals surface area (Å²) in [6.45, 7) is 8.64. The van der Waals surface area contributed by atoms with Gasteiger partial charge in [-0.15, -0.1) is 0 Å². The van der Waals surface area contributed by atoms with Crippen molar-refractivity contribution in [1.29, 1.82) is 0 Å². The zero-order valence-electron chi connectivity index (χ0n) is 20.1. The quantitative estimate of drug-likeness (QED) is 0.604. The minimum atomic E-state index is -0.461. The molecule has 2 aromatic carbocycles. The summed E-state index contributed by atoms with van der Waals surface area (Å²) in [5.74, 6) is -0.0144. The smallest absolute Gasteiger partial charge is 0.243 e. The molecule has 32 heavy (non-hydrogen) atoms. The standard InChI is InChI=1S/C28H38N2O2/c1-5-26(28(32)29-25-9-7-6-8-10-25)30(19-23-14-11-20(2)12-15-23)27(31)18-24-16-13-21(3)22(4)17-24/h11-17,25-26H,5-10,18-19H2,1-4H3,(H,29,32)/t26-/m1/s1. The zero-order valence-corrected chi connectivity index (χ0v) is 20.1. The van der Waals surface area contributed by atoms with Crippen molar-refractivity contribution < 1.29 is 9.59 Å². The van der Waals surface area contributed by atoms with Crippen molar-refractivity contribution in [2.75, 3.05) is 0 Å². The van der Waals surface area contributed by atoms with E-state index in [-0.39, 0.29) is 17.9 Å². The van der Waals surface area contributed by atoms with Gasteiger partial charge in [0.2, 0.25) is 11.8 Å². The van der Waals surface area contributed by atoms with E-state index in [1.807, 2.05) is 13.0 Å². The summed E-state index contributed by atoms with van der Waals surface area (Å²) >= 11 is 0. The number of benzene rings is 2. The summed E-state index contributed by atoms with van der Waals surface area (Å²) < 4.78 is 0. The molecule has 1 N–H and O–H groups in total. The molecule has 2 aromatic rings. The fourth-order valence-corrected chi connectivity index (χ4v) is 4.54. The van der Waals surface area contributed by atoms with Gasteiger partial charge in [0, 0.05) is 12.6 Å². The van der Waals surface area contributed by atoms with Gasteiger partial charge in [0.25, 0.3) is 0 Å². The van der Waals surface area contributed by atoms with Crippen molar-refractivity contribution in [2.24, 2.45) is 0 Å². The van der Waals surface area contributed by atoms with Gasteiger partial charge >= 0.3 is 0 Å². The van der Waals surface area contributed by atoms with Crippen LogP contribution in [0.3, 0.4) is 0 Å². The highest BCUT2D eigenvalue weighted by Gasteiger charge is 2.30. The Morgan fingerprint density at radius 3 is 2.22 bits per heavy atom. The molecule has 3 rings (SSSR count). The van der Waals surface area contributed by atoms with Crippen LogP contribution in [0.15, 0.2) is 42.5 Å². The number of nitrogens with one attached hydrogen (secondary N) is 1. The van der Waals surface area contributed by atoms with E-state index in [4.69, 9.17) is 0 Å². The molecule has 0 aliphatic heterocycles. The number of aryl methyl sites for hydroxylation is 3. The molecule has 0 saturated heterocycles. The van der Waals surface area contributed by atoms with Gasteiger partial charge < -0.3 is 10.2 Å². The van der Waals surface area contributed by atoms with Crippen LogP contribution >= 0.6 is 0 Å². The van der Waals surface area contributed by atoms with E-state index in [1.165, 1.54) is 36.0 Å². The molecule has 1 aliphatic carbocycles. The molecule has 0 aromatic heterocycles. The number of nitrogens with zero attached hydrogens (tertiary/aromatic N) is 1. The monoisotopic (exact) mass is 434 g/mol. The average molecular weight is 435 g/mol. The van der Waals surface area contributed by atoms with Crippen LogP contribution in [0.25, 0.3) is 0 Å². The molecule has 1 atom stereocenters. The van der Waals surface area contributed by atoms with Crippen LogP contribution in [-0.2, 0) is 22.6 Å². The van der Waals surface area contributed by atoms with Gasteiger partial charge in [-0.3, -0.25) is 9.59 Å². The highest BCUT2D eigenvalue weighted by Crippen LogP contribution is 2.20. The molecule has 2 amide bonds. The Morgan fingerprint density at radius 2 is 1.59 bits per heavy atom. The van der Waals surface area contributed by atoms with E-state index < -0.39 is 6.04 Å². The van der Waals surface area contributed by atoms with Crippen LogP contribution in [-0.4, -0.2) is 28.8 Å². The largest absolute Gasteiger partial charge is 0.352 e. The van der Waals surface area contributed by atoms with Gasteiger partial charge in [0.05, 0.1) is 6.42 Å². The lowest BCUT2D eigenvalue weighted by atomic mass is 9.95. The predicted octanol–water partition coefficient (Wildman–Crippen LogP) is 5.41. The Kier molecular flexibility index (Phi) is 8.49. The first-order valence-electron chi connectivity index (χ1n) is 12.1. The van der Waals surface area contributed by atoms with Gasteiger partial charge in [0.1, 0.15) is 6.04 Å². The van der Waals surface area contributed by atoms with E-state index in [2.05, 4.69) is 62.5 Å². The summed E-state index contributed by atoms with van der Waals surface area (Å²) in [5, 5.41) is 3.25. The number of carbonyl (C=O) groups is 2. The Labute approximate surface area is 193 Å².